The van der Waals surface area contributed by atoms with Crippen molar-refractivity contribution in [2.24, 2.45) is 0 Å². The van der Waals surface area contributed by atoms with Gasteiger partial charge in [-0.1, -0.05) is 11.8 Å². The number of nitrogens with zero attached hydrogens (tertiary/aromatic N) is 3. The predicted octanol–water partition coefficient (Wildman–Crippen LogP) is 1.84. The number of aryl methyl sites for hydroxylation is 2. The summed E-state index contributed by atoms with van der Waals surface area (Å²) in [4.78, 5) is 19.3. The fourth-order valence-electron chi connectivity index (χ4n) is 2.58. The van der Waals surface area contributed by atoms with Crippen LogP contribution in [-0.4, -0.2) is 25.8 Å². The van der Waals surface area contributed by atoms with Gasteiger partial charge >= 0.3 is 0 Å². The van der Waals surface area contributed by atoms with Gasteiger partial charge in [0.05, 0.1) is 5.39 Å². The zero-order valence-electron chi connectivity index (χ0n) is 9.69. The molecule has 3 aromatic heterocycles. The molecule has 18 heavy (non-hydrogen) atoms. The van der Waals surface area contributed by atoms with Crippen molar-refractivity contribution in [3.63, 3.8) is 0 Å². The molecule has 0 saturated carbocycles. The number of fused-ring (bicyclic) bond motifs is 4. The first kappa shape index (κ1) is 10.6. The number of aromatic nitrogens is 4. The van der Waals surface area contributed by atoms with E-state index in [0.717, 1.165) is 29.5 Å². The fourth-order valence-corrected chi connectivity index (χ4v) is 4.32. The van der Waals surface area contributed by atoms with Crippen molar-refractivity contribution >= 4 is 39.1 Å². The fraction of sp³-hybridized carbons (Fsp3) is 0.364. The monoisotopic (exact) mass is 278 g/mol. The summed E-state index contributed by atoms with van der Waals surface area (Å²) in [5, 5.41) is 8.41. The molecule has 92 valence electrons. The molecule has 1 N–H and O–H groups in total. The Morgan fingerprint density at radius 1 is 1.44 bits per heavy atom. The highest BCUT2D eigenvalue weighted by atomic mass is 32.2. The second-order valence-electron chi connectivity index (χ2n) is 4.32. The lowest BCUT2D eigenvalue weighted by Crippen LogP contribution is -2.15. The second-order valence-corrected chi connectivity index (χ2v) is 6.18. The van der Waals surface area contributed by atoms with Crippen LogP contribution in [0.25, 0.3) is 16.0 Å². The summed E-state index contributed by atoms with van der Waals surface area (Å²) in [6, 6.07) is 0. The molecule has 3 heterocycles. The number of rotatable bonds is 1. The van der Waals surface area contributed by atoms with Crippen LogP contribution in [0, 0.1) is 0 Å². The van der Waals surface area contributed by atoms with Crippen LogP contribution < -0.4 is 5.56 Å². The molecule has 0 unspecified atom stereocenters. The van der Waals surface area contributed by atoms with Crippen LogP contribution >= 0.6 is 23.1 Å². The zero-order chi connectivity index (χ0) is 12.3. The molecule has 1 aliphatic rings. The number of thiophene rings is 1. The van der Waals surface area contributed by atoms with Crippen molar-refractivity contribution < 1.29 is 0 Å². The zero-order valence-corrected chi connectivity index (χ0v) is 11.3. The van der Waals surface area contributed by atoms with Crippen LogP contribution in [0.5, 0.6) is 0 Å². The molecule has 5 nitrogen and oxygen atoms in total. The van der Waals surface area contributed by atoms with Crippen molar-refractivity contribution in [1.82, 2.24) is 19.6 Å². The largest absolute Gasteiger partial charge is 0.270 e. The molecule has 1 aliphatic carbocycles. The molecule has 0 spiro atoms. The van der Waals surface area contributed by atoms with Crippen molar-refractivity contribution in [3.8, 4) is 0 Å². The minimum atomic E-state index is 0.0208. The summed E-state index contributed by atoms with van der Waals surface area (Å²) in [6.45, 7) is 0. The Morgan fingerprint density at radius 3 is 3.17 bits per heavy atom. The minimum absolute atomic E-state index is 0.0208. The van der Waals surface area contributed by atoms with Gasteiger partial charge in [-0.2, -0.15) is 0 Å². The third-order valence-corrected chi connectivity index (χ3v) is 5.19. The predicted molar refractivity (Wildman–Crippen MR) is 72.8 cm³/mol. The highest BCUT2D eigenvalue weighted by Crippen LogP contribution is 2.34. The second kappa shape index (κ2) is 3.58. The van der Waals surface area contributed by atoms with E-state index in [9.17, 15) is 4.79 Å². The lowest BCUT2D eigenvalue weighted by atomic mass is 10.2. The van der Waals surface area contributed by atoms with E-state index in [4.69, 9.17) is 0 Å². The smallest absolute Gasteiger partial charge is 0.268 e. The first-order valence-electron chi connectivity index (χ1n) is 5.75. The molecule has 0 amide bonds. The molecule has 0 aromatic carbocycles. The summed E-state index contributed by atoms with van der Waals surface area (Å²) in [6.07, 6.45) is 5.15. The maximum absolute atomic E-state index is 12.6. The number of H-pyrrole nitrogens is 1. The molecular formula is C11H10N4OS2. The normalized spacial score (nSPS) is 14.7. The average molecular weight is 278 g/mol. The van der Waals surface area contributed by atoms with Gasteiger partial charge in [-0.3, -0.25) is 4.79 Å². The molecule has 3 aromatic rings. The molecule has 0 bridgehead atoms. The third-order valence-electron chi connectivity index (χ3n) is 3.36. The van der Waals surface area contributed by atoms with Crippen LogP contribution in [0.2, 0.25) is 0 Å². The number of aromatic amines is 1. The summed E-state index contributed by atoms with van der Waals surface area (Å²) < 4.78 is 1.58. The van der Waals surface area contributed by atoms with Crippen molar-refractivity contribution in [2.45, 2.75) is 24.4 Å². The van der Waals surface area contributed by atoms with Crippen LogP contribution in [0.15, 0.2) is 9.95 Å². The quantitative estimate of drug-likeness (QED) is 0.690. The maximum Gasteiger partial charge on any atom is 0.270 e. The van der Waals surface area contributed by atoms with Crippen molar-refractivity contribution in [2.75, 3.05) is 6.26 Å². The molecule has 0 radical (unpaired) electrons. The van der Waals surface area contributed by atoms with E-state index < -0.39 is 0 Å². The van der Waals surface area contributed by atoms with Gasteiger partial charge in [-0.05, 0) is 31.1 Å². The van der Waals surface area contributed by atoms with Crippen LogP contribution in [0.4, 0.5) is 0 Å². The molecule has 4 rings (SSSR count). The molecule has 7 heteroatoms. The standard InChI is InChI=1S/C11H10N4OS2/c1-17-11-14-13-10-12-8-7(9(16)15(10)11)5-3-2-4-6(5)18-8/h2-4H2,1H3,(H,12,13). The molecule has 0 atom stereocenters. The van der Waals surface area contributed by atoms with E-state index in [1.54, 1.807) is 15.7 Å². The third kappa shape index (κ3) is 1.20. The summed E-state index contributed by atoms with van der Waals surface area (Å²) in [7, 11) is 0. The van der Waals surface area contributed by atoms with E-state index >= 15 is 0 Å². The number of nitrogens with one attached hydrogen (secondary N) is 1. The van der Waals surface area contributed by atoms with Gasteiger partial charge in [0.15, 0.2) is 5.16 Å². The van der Waals surface area contributed by atoms with Gasteiger partial charge in [-0.25, -0.2) is 14.5 Å². The Balaban J connectivity index is 2.23. The average Bonchev–Trinajstić information content (AvgIpc) is 3.00. The Hall–Kier alpha value is -1.34. The van der Waals surface area contributed by atoms with Crippen molar-refractivity contribution in [3.05, 3.63) is 20.8 Å². The van der Waals surface area contributed by atoms with Gasteiger partial charge < -0.3 is 0 Å². The van der Waals surface area contributed by atoms with Gasteiger partial charge in [0, 0.05) is 4.88 Å². The van der Waals surface area contributed by atoms with Crippen LogP contribution in [-0.2, 0) is 12.8 Å². The molecular weight excluding hydrogens is 268 g/mol. The lowest BCUT2D eigenvalue weighted by Gasteiger charge is -1.97. The Morgan fingerprint density at radius 2 is 2.33 bits per heavy atom. The van der Waals surface area contributed by atoms with E-state index in [1.165, 1.54) is 22.2 Å². The summed E-state index contributed by atoms with van der Waals surface area (Å²) >= 11 is 3.10. The number of hydrogen-bond acceptors (Lipinski definition) is 5. The SMILES string of the molecule is CSc1n[nH]c2nc3sc4c(c3c(=O)n12)CCC4. The summed E-state index contributed by atoms with van der Waals surface area (Å²) in [5.41, 5.74) is 1.24. The number of hydrogen-bond donors (Lipinski definition) is 1. The Kier molecular flexibility index (Phi) is 2.10. The van der Waals surface area contributed by atoms with Gasteiger partial charge in [0.1, 0.15) is 4.83 Å². The summed E-state index contributed by atoms with van der Waals surface area (Å²) in [5.74, 6) is 0.539. The highest BCUT2D eigenvalue weighted by molar-refractivity contribution is 7.98. The Labute approximate surface area is 110 Å². The van der Waals surface area contributed by atoms with Crippen LogP contribution in [0.3, 0.4) is 0 Å². The van der Waals surface area contributed by atoms with E-state index in [1.807, 2.05) is 6.26 Å². The molecule has 0 aliphatic heterocycles. The number of thioether (sulfide) groups is 1. The van der Waals surface area contributed by atoms with E-state index in [-0.39, 0.29) is 5.56 Å². The minimum Gasteiger partial charge on any atom is -0.268 e. The van der Waals surface area contributed by atoms with Gasteiger partial charge in [0.2, 0.25) is 5.78 Å². The molecule has 0 fully saturated rings. The topological polar surface area (TPSA) is 63.0 Å². The van der Waals surface area contributed by atoms with Crippen LogP contribution in [0.1, 0.15) is 16.9 Å². The maximum atomic E-state index is 12.6. The first-order valence-corrected chi connectivity index (χ1v) is 7.79. The molecule has 0 saturated heterocycles. The van der Waals surface area contributed by atoms with Crippen molar-refractivity contribution in [1.29, 1.82) is 0 Å². The van der Waals surface area contributed by atoms with E-state index in [2.05, 4.69) is 15.2 Å². The lowest BCUT2D eigenvalue weighted by molar-refractivity contribution is 0.899. The van der Waals surface area contributed by atoms with E-state index in [0.29, 0.717) is 10.9 Å². The van der Waals surface area contributed by atoms with Gasteiger partial charge in [0.25, 0.3) is 5.56 Å². The first-order chi connectivity index (χ1) is 8.79. The Bertz CT molecular complexity index is 829. The highest BCUT2D eigenvalue weighted by Gasteiger charge is 2.22. The van der Waals surface area contributed by atoms with Gasteiger partial charge in [-0.15, -0.1) is 16.4 Å².